The molecule has 0 unspecified atom stereocenters. The Labute approximate surface area is 110 Å². The Morgan fingerprint density at radius 2 is 1.83 bits per heavy atom. The summed E-state index contributed by atoms with van der Waals surface area (Å²) in [7, 11) is 0. The fourth-order valence-electron chi connectivity index (χ4n) is 1.63. The first kappa shape index (κ1) is 12.5. The van der Waals surface area contributed by atoms with Crippen molar-refractivity contribution in [3.63, 3.8) is 0 Å². The van der Waals surface area contributed by atoms with E-state index in [-0.39, 0.29) is 11.7 Å². The maximum Gasteiger partial charge on any atom is 0.255 e. The maximum atomic E-state index is 12.0. The average molecular weight is 262 g/mol. The summed E-state index contributed by atoms with van der Waals surface area (Å²) in [6.07, 6.45) is 0. The molecule has 0 aliphatic carbocycles. The van der Waals surface area contributed by atoms with Gasteiger partial charge in [-0.1, -0.05) is 11.6 Å². The lowest BCUT2D eigenvalue weighted by molar-refractivity contribution is 0.102. The summed E-state index contributed by atoms with van der Waals surface area (Å²) in [6, 6.07) is 11.4. The van der Waals surface area contributed by atoms with E-state index in [4.69, 9.17) is 16.7 Å². The number of phenols is 1. The number of aryl methyl sites for hydroxylation is 1. The number of hydrogen-bond acceptors (Lipinski definition) is 2. The second-order valence-corrected chi connectivity index (χ2v) is 4.40. The van der Waals surface area contributed by atoms with E-state index < -0.39 is 0 Å². The Hall–Kier alpha value is -2.00. The van der Waals surface area contributed by atoms with Crippen molar-refractivity contribution in [1.29, 1.82) is 0 Å². The molecule has 18 heavy (non-hydrogen) atoms. The molecule has 0 heterocycles. The van der Waals surface area contributed by atoms with Gasteiger partial charge in [0.2, 0.25) is 0 Å². The van der Waals surface area contributed by atoms with Crippen LogP contribution in [0.15, 0.2) is 42.5 Å². The lowest BCUT2D eigenvalue weighted by atomic mass is 10.1. The molecule has 1 amide bonds. The summed E-state index contributed by atoms with van der Waals surface area (Å²) in [5, 5.41) is 12.5. The Bertz CT molecular complexity index is 579. The van der Waals surface area contributed by atoms with Gasteiger partial charge < -0.3 is 10.4 Å². The number of rotatable bonds is 2. The maximum absolute atomic E-state index is 12.0. The van der Waals surface area contributed by atoms with Gasteiger partial charge in [-0.25, -0.2) is 0 Å². The number of carbonyl (C=O) groups excluding carboxylic acids is 1. The first-order chi connectivity index (χ1) is 8.56. The smallest absolute Gasteiger partial charge is 0.255 e. The van der Waals surface area contributed by atoms with Gasteiger partial charge in [0.15, 0.2) is 0 Å². The largest absolute Gasteiger partial charge is 0.508 e. The van der Waals surface area contributed by atoms with E-state index >= 15 is 0 Å². The van der Waals surface area contributed by atoms with Crippen LogP contribution < -0.4 is 5.32 Å². The van der Waals surface area contributed by atoms with Crippen molar-refractivity contribution in [2.75, 3.05) is 5.32 Å². The second kappa shape index (κ2) is 5.10. The van der Waals surface area contributed by atoms with E-state index in [0.717, 1.165) is 5.56 Å². The summed E-state index contributed by atoms with van der Waals surface area (Å²) in [5.41, 5.74) is 2.03. The van der Waals surface area contributed by atoms with Crippen LogP contribution in [-0.2, 0) is 0 Å². The molecule has 2 N–H and O–H groups in total. The molecule has 0 radical (unpaired) electrons. The van der Waals surface area contributed by atoms with Crippen LogP contribution in [0.25, 0.3) is 0 Å². The number of hydrogen-bond donors (Lipinski definition) is 2. The molecule has 2 rings (SSSR count). The van der Waals surface area contributed by atoms with Gasteiger partial charge in [-0.15, -0.1) is 0 Å². The van der Waals surface area contributed by atoms with Crippen LogP contribution >= 0.6 is 11.6 Å². The highest BCUT2D eigenvalue weighted by atomic mass is 35.5. The third-order valence-electron chi connectivity index (χ3n) is 2.56. The zero-order chi connectivity index (χ0) is 13.1. The van der Waals surface area contributed by atoms with Crippen molar-refractivity contribution in [1.82, 2.24) is 0 Å². The zero-order valence-electron chi connectivity index (χ0n) is 9.77. The molecule has 4 heteroatoms. The second-order valence-electron chi connectivity index (χ2n) is 3.96. The highest BCUT2D eigenvalue weighted by Gasteiger charge is 2.09. The van der Waals surface area contributed by atoms with E-state index in [9.17, 15) is 4.79 Å². The number of benzene rings is 2. The fourth-order valence-corrected chi connectivity index (χ4v) is 1.85. The van der Waals surface area contributed by atoms with Gasteiger partial charge in [0, 0.05) is 16.3 Å². The molecule has 3 nitrogen and oxygen atoms in total. The third-order valence-corrected chi connectivity index (χ3v) is 2.79. The first-order valence-corrected chi connectivity index (χ1v) is 5.80. The lowest BCUT2D eigenvalue weighted by Crippen LogP contribution is -2.13. The number of halogens is 1. The Morgan fingerprint density at radius 3 is 2.44 bits per heavy atom. The average Bonchev–Trinajstić information content (AvgIpc) is 2.32. The van der Waals surface area contributed by atoms with Crippen LogP contribution in [0, 0.1) is 6.92 Å². The van der Waals surface area contributed by atoms with E-state index in [0.29, 0.717) is 16.3 Å². The summed E-state index contributed by atoms with van der Waals surface area (Å²) < 4.78 is 0. The van der Waals surface area contributed by atoms with Gasteiger partial charge in [0.1, 0.15) is 5.75 Å². The Morgan fingerprint density at radius 1 is 1.17 bits per heavy atom. The van der Waals surface area contributed by atoms with Crippen LogP contribution in [0.5, 0.6) is 5.75 Å². The molecule has 0 bridgehead atoms. The van der Waals surface area contributed by atoms with Crippen LogP contribution in [-0.4, -0.2) is 11.0 Å². The van der Waals surface area contributed by atoms with Gasteiger partial charge in [0.05, 0.1) is 0 Å². The Balaban J connectivity index is 2.19. The molecule has 2 aromatic carbocycles. The minimum Gasteiger partial charge on any atom is -0.508 e. The van der Waals surface area contributed by atoms with Crippen LogP contribution in [0.3, 0.4) is 0 Å². The van der Waals surface area contributed by atoms with Crippen molar-refractivity contribution >= 4 is 23.2 Å². The van der Waals surface area contributed by atoms with Gasteiger partial charge in [-0.2, -0.15) is 0 Å². The molecule has 0 spiro atoms. The minimum absolute atomic E-state index is 0.163. The molecule has 0 saturated carbocycles. The van der Waals surface area contributed by atoms with Gasteiger partial charge in [0.25, 0.3) is 5.91 Å². The van der Waals surface area contributed by atoms with Crippen molar-refractivity contribution in [2.45, 2.75) is 6.92 Å². The zero-order valence-corrected chi connectivity index (χ0v) is 10.5. The molecule has 0 fully saturated rings. The van der Waals surface area contributed by atoms with E-state index in [1.165, 1.54) is 12.1 Å². The minimum atomic E-state index is -0.199. The van der Waals surface area contributed by atoms with Crippen molar-refractivity contribution in [2.24, 2.45) is 0 Å². The predicted octanol–water partition coefficient (Wildman–Crippen LogP) is 3.61. The molecule has 2 aromatic rings. The SMILES string of the molecule is Cc1cc(Cl)ccc1C(=O)Nc1ccc(O)cc1. The molecule has 92 valence electrons. The fraction of sp³-hybridized carbons (Fsp3) is 0.0714. The number of nitrogens with one attached hydrogen (secondary N) is 1. The summed E-state index contributed by atoms with van der Waals surface area (Å²) in [4.78, 5) is 12.0. The lowest BCUT2D eigenvalue weighted by Gasteiger charge is -2.08. The van der Waals surface area contributed by atoms with E-state index in [2.05, 4.69) is 5.32 Å². The summed E-state index contributed by atoms with van der Waals surface area (Å²) in [5.74, 6) is -0.0365. The number of aromatic hydroxyl groups is 1. The van der Waals surface area contributed by atoms with Gasteiger partial charge in [-0.3, -0.25) is 4.79 Å². The monoisotopic (exact) mass is 261 g/mol. The first-order valence-electron chi connectivity index (χ1n) is 5.43. The summed E-state index contributed by atoms with van der Waals surface area (Å²) in [6.45, 7) is 1.83. The molecule has 0 atom stereocenters. The van der Waals surface area contributed by atoms with Crippen LogP contribution in [0.2, 0.25) is 5.02 Å². The predicted molar refractivity (Wildman–Crippen MR) is 72.2 cm³/mol. The quantitative estimate of drug-likeness (QED) is 0.812. The van der Waals surface area contributed by atoms with Crippen LogP contribution in [0.4, 0.5) is 5.69 Å². The molecular weight excluding hydrogens is 250 g/mol. The molecule has 0 saturated heterocycles. The number of carbonyl (C=O) groups is 1. The van der Waals surface area contributed by atoms with E-state index in [1.54, 1.807) is 30.3 Å². The van der Waals surface area contributed by atoms with Crippen molar-refractivity contribution in [3.8, 4) is 5.75 Å². The normalized spacial score (nSPS) is 10.1. The number of amides is 1. The molecule has 0 aliphatic rings. The van der Waals surface area contributed by atoms with Gasteiger partial charge >= 0.3 is 0 Å². The van der Waals surface area contributed by atoms with Crippen LogP contribution in [0.1, 0.15) is 15.9 Å². The number of anilines is 1. The highest BCUT2D eigenvalue weighted by molar-refractivity contribution is 6.30. The highest BCUT2D eigenvalue weighted by Crippen LogP contribution is 2.18. The van der Waals surface area contributed by atoms with Crippen molar-refractivity contribution in [3.05, 3.63) is 58.6 Å². The number of phenolic OH excluding ortho intramolecular Hbond substituents is 1. The molecular formula is C14H12ClNO2. The van der Waals surface area contributed by atoms with E-state index in [1.807, 2.05) is 6.92 Å². The molecule has 0 aliphatic heterocycles. The molecule has 0 aromatic heterocycles. The van der Waals surface area contributed by atoms with Crippen molar-refractivity contribution < 1.29 is 9.90 Å². The Kier molecular flexibility index (Phi) is 3.53. The topological polar surface area (TPSA) is 49.3 Å². The standard InChI is InChI=1S/C14H12ClNO2/c1-9-8-10(15)2-7-13(9)14(18)16-11-3-5-12(17)6-4-11/h2-8,17H,1H3,(H,16,18). The van der Waals surface area contributed by atoms with Gasteiger partial charge in [-0.05, 0) is 55.0 Å². The third kappa shape index (κ3) is 2.81. The summed E-state index contributed by atoms with van der Waals surface area (Å²) >= 11 is 5.84.